The molecule has 2 aromatic heterocycles. The molecule has 0 atom stereocenters. The van der Waals surface area contributed by atoms with E-state index in [-0.39, 0.29) is 0 Å². The summed E-state index contributed by atoms with van der Waals surface area (Å²) in [7, 11) is 0. The van der Waals surface area contributed by atoms with Crippen molar-refractivity contribution in [1.29, 1.82) is 0 Å². The van der Waals surface area contributed by atoms with Crippen molar-refractivity contribution in [2.75, 3.05) is 4.90 Å². The van der Waals surface area contributed by atoms with E-state index < -0.39 is 0 Å². The molecule has 0 saturated carbocycles. The van der Waals surface area contributed by atoms with Gasteiger partial charge in [-0.1, -0.05) is 188 Å². The maximum Gasteiger partial charge on any atom is 0.0541 e. The molecule has 0 amide bonds. The minimum Gasteiger partial charge on any atom is -0.310 e. The zero-order valence-corrected chi connectivity index (χ0v) is 37.4. The van der Waals surface area contributed by atoms with Gasteiger partial charge in [-0.05, 0) is 116 Å². The predicted octanol–water partition coefficient (Wildman–Crippen LogP) is 18.4. The molecule has 0 aliphatic heterocycles. The Bertz CT molecular complexity index is 3910. The summed E-state index contributed by atoms with van der Waals surface area (Å²) in [5.41, 5.74) is 16.5. The fraction of sp³-hybridized carbons (Fsp3) is 0. The van der Waals surface area contributed by atoms with Crippen molar-refractivity contribution in [1.82, 2.24) is 4.57 Å². The van der Waals surface area contributed by atoms with E-state index >= 15 is 0 Å². The van der Waals surface area contributed by atoms with Gasteiger partial charge in [0, 0.05) is 53.6 Å². The molecule has 13 aromatic rings. The lowest BCUT2D eigenvalue weighted by Gasteiger charge is -2.28. The number of benzene rings is 11. The van der Waals surface area contributed by atoms with Crippen LogP contribution in [-0.4, -0.2) is 4.57 Å². The molecule has 0 spiro atoms. The van der Waals surface area contributed by atoms with Crippen LogP contribution in [0.5, 0.6) is 0 Å². The minimum absolute atomic E-state index is 1.09. The van der Waals surface area contributed by atoms with Crippen LogP contribution in [0.2, 0.25) is 0 Å². The van der Waals surface area contributed by atoms with Crippen LogP contribution in [-0.2, 0) is 0 Å². The second-order valence-electron chi connectivity index (χ2n) is 17.2. The Morgan fingerprint density at radius 1 is 0.313 bits per heavy atom. The van der Waals surface area contributed by atoms with Crippen LogP contribution in [0.4, 0.5) is 17.1 Å². The average Bonchev–Trinajstić information content (AvgIpc) is 3.96. The van der Waals surface area contributed by atoms with E-state index in [1.807, 2.05) is 11.3 Å². The van der Waals surface area contributed by atoms with Crippen molar-refractivity contribution < 1.29 is 0 Å². The number of anilines is 3. The molecule has 0 aliphatic rings. The molecule has 0 saturated heterocycles. The highest BCUT2D eigenvalue weighted by molar-refractivity contribution is 7.25. The third-order valence-electron chi connectivity index (χ3n) is 13.4. The first kappa shape index (κ1) is 38.9. The molecular formula is C64H42N2S. The lowest BCUT2D eigenvalue weighted by atomic mass is 9.95. The molecule has 11 aromatic carbocycles. The van der Waals surface area contributed by atoms with Gasteiger partial charge in [-0.3, -0.25) is 0 Å². The quantitative estimate of drug-likeness (QED) is 0.148. The van der Waals surface area contributed by atoms with Crippen LogP contribution in [0, 0.1) is 0 Å². The first-order valence-corrected chi connectivity index (χ1v) is 23.7. The van der Waals surface area contributed by atoms with Gasteiger partial charge in [-0.2, -0.15) is 0 Å². The second kappa shape index (κ2) is 16.2. The second-order valence-corrected chi connectivity index (χ2v) is 18.3. The van der Waals surface area contributed by atoms with Gasteiger partial charge in [0.05, 0.1) is 16.7 Å². The summed E-state index contributed by atoms with van der Waals surface area (Å²) in [4.78, 5) is 2.43. The van der Waals surface area contributed by atoms with Crippen LogP contribution in [0.15, 0.2) is 255 Å². The molecule has 0 fully saturated rings. The number of hydrogen-bond donors (Lipinski definition) is 0. The van der Waals surface area contributed by atoms with Crippen LogP contribution >= 0.6 is 11.3 Å². The SMILES string of the molecule is c1cc(-c2ccc(N(c3ccc(-c4ccc(-c5cccc6ccccc56)cc4)cc3)c3ccccc3-c3cccc4sc5ccccc5c34)cc2)cc(-n2c3ccccc3c3ccccc32)c1. The highest BCUT2D eigenvalue weighted by atomic mass is 32.1. The molecule has 0 N–H and O–H groups in total. The Morgan fingerprint density at radius 3 is 1.54 bits per heavy atom. The molecule has 67 heavy (non-hydrogen) atoms. The molecule has 0 aliphatic carbocycles. The molecule has 0 bridgehead atoms. The zero-order chi connectivity index (χ0) is 44.3. The van der Waals surface area contributed by atoms with E-state index in [2.05, 4.69) is 264 Å². The minimum atomic E-state index is 1.09. The highest BCUT2D eigenvalue weighted by Gasteiger charge is 2.21. The summed E-state index contributed by atoms with van der Waals surface area (Å²) in [6.45, 7) is 0. The van der Waals surface area contributed by atoms with E-state index in [9.17, 15) is 0 Å². The molecule has 314 valence electrons. The van der Waals surface area contributed by atoms with E-state index in [1.54, 1.807) is 0 Å². The Hall–Kier alpha value is -8.50. The summed E-state index contributed by atoms with van der Waals surface area (Å²) >= 11 is 1.86. The van der Waals surface area contributed by atoms with Gasteiger partial charge in [0.2, 0.25) is 0 Å². The number of hydrogen-bond acceptors (Lipinski definition) is 2. The third kappa shape index (κ3) is 6.71. The number of rotatable bonds is 8. The topological polar surface area (TPSA) is 8.17 Å². The maximum absolute atomic E-state index is 2.43. The van der Waals surface area contributed by atoms with Gasteiger partial charge in [0.15, 0.2) is 0 Å². The summed E-state index contributed by atoms with van der Waals surface area (Å²) in [5, 5.41) is 7.65. The van der Waals surface area contributed by atoms with Crippen LogP contribution in [0.3, 0.4) is 0 Å². The Kier molecular flexibility index (Phi) is 9.40. The summed E-state index contributed by atoms with van der Waals surface area (Å²) in [6, 6.07) is 93.1. The van der Waals surface area contributed by atoms with E-state index in [0.717, 1.165) is 28.3 Å². The molecular weight excluding hydrogens is 829 g/mol. The largest absolute Gasteiger partial charge is 0.310 e. The number of fused-ring (bicyclic) bond motifs is 7. The standard InChI is InChI=1S/C64H42N2S/c1-2-18-52-46(14-1)15-12-23-53(52)47-32-30-43(31-33-47)44-34-38-49(39-35-44)65(59-25-7-5-21-56(59)57-24-13-29-63-64(57)58-22-6-10-28-62(58)67-63)50-40-36-45(37-41-50)48-16-11-17-51(42-48)66-60-26-8-3-19-54(60)55-20-4-9-27-61(55)66/h1-42H. The van der Waals surface area contributed by atoms with Crippen molar-refractivity contribution in [2.24, 2.45) is 0 Å². The Morgan fingerprint density at radius 2 is 0.806 bits per heavy atom. The van der Waals surface area contributed by atoms with E-state index in [0.29, 0.717) is 0 Å². The summed E-state index contributed by atoms with van der Waals surface area (Å²) in [6.07, 6.45) is 0. The maximum atomic E-state index is 2.43. The fourth-order valence-electron chi connectivity index (χ4n) is 10.3. The van der Waals surface area contributed by atoms with Gasteiger partial charge < -0.3 is 9.47 Å². The third-order valence-corrected chi connectivity index (χ3v) is 14.6. The number of aromatic nitrogens is 1. The van der Waals surface area contributed by atoms with Gasteiger partial charge in [-0.15, -0.1) is 11.3 Å². The first-order valence-electron chi connectivity index (χ1n) is 22.9. The molecule has 13 rings (SSSR count). The number of nitrogens with zero attached hydrogens (tertiary/aromatic N) is 2. The van der Waals surface area contributed by atoms with E-state index in [4.69, 9.17) is 0 Å². The van der Waals surface area contributed by atoms with Crippen LogP contribution < -0.4 is 4.90 Å². The average molecular weight is 871 g/mol. The van der Waals surface area contributed by atoms with Gasteiger partial charge in [0.25, 0.3) is 0 Å². The van der Waals surface area contributed by atoms with Crippen molar-refractivity contribution in [3.05, 3.63) is 255 Å². The lowest BCUT2D eigenvalue weighted by Crippen LogP contribution is -2.11. The summed E-state index contributed by atoms with van der Waals surface area (Å²) < 4.78 is 4.99. The van der Waals surface area contributed by atoms with Crippen molar-refractivity contribution in [3.63, 3.8) is 0 Å². The molecule has 3 heteroatoms. The molecule has 0 unspecified atom stereocenters. The first-order chi connectivity index (χ1) is 33.2. The van der Waals surface area contributed by atoms with Crippen molar-refractivity contribution in [2.45, 2.75) is 0 Å². The smallest absolute Gasteiger partial charge is 0.0541 e. The van der Waals surface area contributed by atoms with Crippen molar-refractivity contribution >= 4 is 81.1 Å². The summed E-state index contributed by atoms with van der Waals surface area (Å²) in [5.74, 6) is 0. The van der Waals surface area contributed by atoms with Gasteiger partial charge in [0.1, 0.15) is 0 Å². The Labute approximate surface area is 393 Å². The monoisotopic (exact) mass is 870 g/mol. The zero-order valence-electron chi connectivity index (χ0n) is 36.6. The van der Waals surface area contributed by atoms with E-state index in [1.165, 1.54) is 91.7 Å². The lowest BCUT2D eigenvalue weighted by molar-refractivity contribution is 1.18. The molecule has 2 heterocycles. The highest BCUT2D eigenvalue weighted by Crippen LogP contribution is 2.46. The Balaban J connectivity index is 0.907. The molecule has 2 nitrogen and oxygen atoms in total. The van der Waals surface area contributed by atoms with Gasteiger partial charge >= 0.3 is 0 Å². The fourth-order valence-corrected chi connectivity index (χ4v) is 11.4. The van der Waals surface area contributed by atoms with Crippen LogP contribution in [0.25, 0.3) is 103 Å². The molecule has 0 radical (unpaired) electrons. The van der Waals surface area contributed by atoms with Crippen molar-refractivity contribution in [3.8, 4) is 50.2 Å². The normalized spacial score (nSPS) is 11.6. The van der Waals surface area contributed by atoms with Gasteiger partial charge in [-0.25, -0.2) is 0 Å². The number of thiophene rings is 1. The number of para-hydroxylation sites is 3. The predicted molar refractivity (Wildman–Crippen MR) is 288 cm³/mol. The van der Waals surface area contributed by atoms with Crippen LogP contribution in [0.1, 0.15) is 0 Å².